The van der Waals surface area contributed by atoms with Crippen molar-refractivity contribution in [3.8, 4) is 0 Å². The normalized spacial score (nSPS) is 16.6. The van der Waals surface area contributed by atoms with Crippen LogP contribution in [0.4, 0.5) is 0 Å². The van der Waals surface area contributed by atoms with Crippen LogP contribution in [0.5, 0.6) is 0 Å². The Balaban J connectivity index is 1.39. The minimum absolute atomic E-state index is 0.0611. The van der Waals surface area contributed by atoms with Crippen molar-refractivity contribution in [1.82, 2.24) is 20.5 Å². The topological polar surface area (TPSA) is 147 Å². The highest BCUT2D eigenvalue weighted by molar-refractivity contribution is 5.94. The summed E-state index contributed by atoms with van der Waals surface area (Å²) in [6.45, 7) is 8.48. The van der Waals surface area contributed by atoms with Crippen LogP contribution < -0.4 is 16.4 Å². The van der Waals surface area contributed by atoms with Gasteiger partial charge in [-0.2, -0.15) is 0 Å². The van der Waals surface area contributed by atoms with E-state index >= 15 is 0 Å². The molecule has 1 fully saturated rings. The first kappa shape index (κ1) is 38.3. The van der Waals surface area contributed by atoms with Crippen LogP contribution in [0.3, 0.4) is 0 Å². The Labute approximate surface area is 306 Å². The number of H-pyrrole nitrogens is 1. The molecule has 52 heavy (non-hydrogen) atoms. The molecule has 276 valence electrons. The minimum Gasteiger partial charge on any atom is -0.458 e. The van der Waals surface area contributed by atoms with Crippen LogP contribution in [0.2, 0.25) is 0 Å². The van der Waals surface area contributed by atoms with Gasteiger partial charge in [-0.1, -0.05) is 85.8 Å². The van der Waals surface area contributed by atoms with Crippen LogP contribution in [0.1, 0.15) is 88.3 Å². The molecule has 0 saturated carbocycles. The van der Waals surface area contributed by atoms with E-state index in [0.717, 1.165) is 27.6 Å². The molecule has 10 heteroatoms. The van der Waals surface area contributed by atoms with Crippen LogP contribution >= 0.6 is 0 Å². The van der Waals surface area contributed by atoms with Crippen LogP contribution in [0.15, 0.2) is 91.1 Å². The maximum Gasteiger partial charge on any atom is 0.329 e. The number of nitrogens with one attached hydrogen (secondary N) is 3. The predicted octanol–water partition coefficient (Wildman–Crippen LogP) is 5.78. The van der Waals surface area contributed by atoms with E-state index < -0.39 is 47.3 Å². The van der Waals surface area contributed by atoms with Crippen molar-refractivity contribution in [2.45, 2.75) is 89.3 Å². The number of esters is 1. The fourth-order valence-corrected chi connectivity index (χ4v) is 7.06. The van der Waals surface area contributed by atoms with Crippen molar-refractivity contribution in [2.24, 2.45) is 11.7 Å². The number of unbranched alkanes of at least 4 members (excludes halogenated alkanes) is 1. The summed E-state index contributed by atoms with van der Waals surface area (Å²) in [7, 11) is 0. The Bertz CT molecular complexity index is 1760. The lowest BCUT2D eigenvalue weighted by Crippen LogP contribution is -2.56. The van der Waals surface area contributed by atoms with E-state index in [0.29, 0.717) is 45.2 Å². The van der Waals surface area contributed by atoms with Crippen LogP contribution in [0.25, 0.3) is 10.9 Å². The van der Waals surface area contributed by atoms with E-state index in [4.69, 9.17) is 10.5 Å². The number of likely N-dealkylation sites (tertiary alicyclic amines) is 1. The van der Waals surface area contributed by atoms with Gasteiger partial charge in [-0.25, -0.2) is 4.79 Å². The Morgan fingerprint density at radius 1 is 0.904 bits per heavy atom. The molecule has 2 heterocycles. The first-order valence-corrected chi connectivity index (χ1v) is 18.4. The van der Waals surface area contributed by atoms with Gasteiger partial charge >= 0.3 is 5.97 Å². The number of aromatic nitrogens is 1. The number of piperidine rings is 1. The molecule has 1 aliphatic heterocycles. The number of hydrogen-bond donors (Lipinski definition) is 4. The average molecular weight is 708 g/mol. The van der Waals surface area contributed by atoms with E-state index in [1.807, 2.05) is 98.0 Å². The van der Waals surface area contributed by atoms with Crippen LogP contribution in [-0.2, 0) is 23.9 Å². The molecule has 1 aromatic heterocycles. The number of fused-ring (bicyclic) bond motifs is 1. The van der Waals surface area contributed by atoms with Crippen LogP contribution in [-0.4, -0.2) is 70.9 Å². The highest BCUT2D eigenvalue weighted by Crippen LogP contribution is 2.31. The van der Waals surface area contributed by atoms with Crippen LogP contribution in [0, 0.1) is 5.92 Å². The van der Waals surface area contributed by atoms with Gasteiger partial charge in [0, 0.05) is 36.1 Å². The molecule has 0 radical (unpaired) electrons. The average Bonchev–Trinajstić information content (AvgIpc) is 3.58. The van der Waals surface area contributed by atoms with E-state index in [9.17, 15) is 19.2 Å². The minimum atomic E-state index is -1.02. The van der Waals surface area contributed by atoms with E-state index in [1.165, 1.54) is 0 Å². The molecule has 1 saturated heterocycles. The molecule has 10 nitrogen and oxygen atoms in total. The number of amides is 3. The molecule has 3 aromatic carbocycles. The number of carbonyl (C=O) groups is 4. The van der Waals surface area contributed by atoms with Gasteiger partial charge in [0.25, 0.3) is 0 Å². The molecule has 1 unspecified atom stereocenters. The maximum absolute atomic E-state index is 14.3. The number of nitrogens with zero attached hydrogens (tertiary/aromatic N) is 1. The van der Waals surface area contributed by atoms with Gasteiger partial charge in [-0.05, 0) is 82.2 Å². The number of carbonyl (C=O) groups excluding carboxylic acids is 4. The smallest absolute Gasteiger partial charge is 0.329 e. The molecule has 1 aliphatic rings. The van der Waals surface area contributed by atoms with E-state index in [1.54, 1.807) is 25.7 Å². The second-order valence-corrected chi connectivity index (χ2v) is 14.8. The highest BCUT2D eigenvalue weighted by atomic mass is 16.6. The fourth-order valence-electron chi connectivity index (χ4n) is 7.06. The summed E-state index contributed by atoms with van der Waals surface area (Å²) in [6, 6.07) is 25.3. The van der Waals surface area contributed by atoms with E-state index in [2.05, 4.69) is 15.6 Å². The Morgan fingerprint density at radius 2 is 1.54 bits per heavy atom. The second kappa shape index (κ2) is 17.5. The van der Waals surface area contributed by atoms with Crippen molar-refractivity contribution in [2.75, 3.05) is 19.6 Å². The summed E-state index contributed by atoms with van der Waals surface area (Å²) < 4.78 is 5.68. The lowest BCUT2D eigenvalue weighted by molar-refractivity contribution is -0.159. The van der Waals surface area contributed by atoms with Gasteiger partial charge in [0.15, 0.2) is 0 Å². The molecular formula is C42H53N5O5. The Morgan fingerprint density at radius 3 is 2.17 bits per heavy atom. The van der Waals surface area contributed by atoms with Gasteiger partial charge in [0.1, 0.15) is 17.7 Å². The lowest BCUT2D eigenvalue weighted by atomic mass is 9.88. The van der Waals surface area contributed by atoms with E-state index in [-0.39, 0.29) is 18.4 Å². The third kappa shape index (κ3) is 9.67. The van der Waals surface area contributed by atoms with Gasteiger partial charge < -0.3 is 31.0 Å². The molecular weight excluding hydrogens is 654 g/mol. The molecule has 0 aliphatic carbocycles. The Kier molecular flexibility index (Phi) is 12.9. The van der Waals surface area contributed by atoms with Crippen molar-refractivity contribution in [3.63, 3.8) is 0 Å². The zero-order valence-corrected chi connectivity index (χ0v) is 30.8. The number of benzene rings is 3. The van der Waals surface area contributed by atoms with Crippen molar-refractivity contribution >= 4 is 34.6 Å². The Hall–Kier alpha value is -4.96. The monoisotopic (exact) mass is 707 g/mol. The lowest BCUT2D eigenvalue weighted by Gasteiger charge is -2.36. The number of rotatable bonds is 14. The molecule has 4 aromatic rings. The first-order valence-electron chi connectivity index (χ1n) is 18.4. The summed E-state index contributed by atoms with van der Waals surface area (Å²) in [5, 5.41) is 6.95. The van der Waals surface area contributed by atoms with Crippen molar-refractivity contribution in [3.05, 3.63) is 108 Å². The fraction of sp³-hybridized carbons (Fsp3) is 0.429. The zero-order chi connectivity index (χ0) is 37.3. The number of nitrogens with two attached hydrogens (primary N) is 1. The summed E-state index contributed by atoms with van der Waals surface area (Å²) in [5.74, 6) is -2.88. The number of ether oxygens (including phenoxy) is 1. The summed E-state index contributed by atoms with van der Waals surface area (Å²) >= 11 is 0. The number of para-hydroxylation sites is 1. The molecule has 0 bridgehead atoms. The molecule has 0 spiro atoms. The first-order chi connectivity index (χ1) is 25.0. The third-order valence-corrected chi connectivity index (χ3v) is 9.76. The second-order valence-electron chi connectivity index (χ2n) is 14.8. The number of aromatic amines is 1. The maximum atomic E-state index is 14.3. The summed E-state index contributed by atoms with van der Waals surface area (Å²) in [4.78, 5) is 61.1. The molecule has 3 amide bonds. The van der Waals surface area contributed by atoms with Gasteiger partial charge in [0.05, 0.1) is 11.8 Å². The zero-order valence-electron chi connectivity index (χ0n) is 30.8. The highest BCUT2D eigenvalue weighted by Gasteiger charge is 2.38. The standard InChI is InChI=1S/C42H53N5O5/c1-28(33-26-44-34-22-12-11-21-32(33)34)37(39(49)45-35(23-13-14-24-43)41(51)52-42(2,3)4)46-38(48)31-20-15-25-47(27-31)40(50)36(29-16-7-5-8-17-29)30-18-9-6-10-19-30/h5-12,16-19,21-22,26,28,31,35-37,44H,13-15,20,23-25,27,43H2,1-4H3,(H,45,49)(H,46,48)/t28-,31?,35-,37-/m0/s1. The van der Waals surface area contributed by atoms with Crippen molar-refractivity contribution in [1.29, 1.82) is 0 Å². The molecule has 5 N–H and O–H groups in total. The quantitative estimate of drug-likeness (QED) is 0.0966. The van der Waals surface area contributed by atoms with Gasteiger partial charge in [-0.3, -0.25) is 14.4 Å². The summed E-state index contributed by atoms with van der Waals surface area (Å²) in [6.07, 6.45) is 4.75. The molecule has 5 rings (SSSR count). The summed E-state index contributed by atoms with van der Waals surface area (Å²) in [5.41, 5.74) is 8.54. The predicted molar refractivity (Wildman–Crippen MR) is 203 cm³/mol. The largest absolute Gasteiger partial charge is 0.458 e. The van der Waals surface area contributed by atoms with Crippen molar-refractivity contribution < 1.29 is 23.9 Å². The van der Waals surface area contributed by atoms with Gasteiger partial charge in [0.2, 0.25) is 17.7 Å². The third-order valence-electron chi connectivity index (χ3n) is 9.76. The number of hydrogen-bond acceptors (Lipinski definition) is 6. The SMILES string of the molecule is C[C@@H](c1c[nH]c2ccccc12)[C@H](NC(=O)C1CCCN(C(=O)C(c2ccccc2)c2ccccc2)C1)C(=O)N[C@@H](CCCCN)C(=O)OC(C)(C)C. The van der Waals surface area contributed by atoms with Gasteiger partial charge in [-0.15, -0.1) is 0 Å². The molecule has 4 atom stereocenters.